The van der Waals surface area contributed by atoms with E-state index in [-0.39, 0.29) is 17.7 Å². The molecule has 1 unspecified atom stereocenters. The van der Waals surface area contributed by atoms with Crippen LogP contribution >= 0.6 is 0 Å². The van der Waals surface area contributed by atoms with Crippen LogP contribution in [0.1, 0.15) is 39.4 Å². The second-order valence-corrected chi connectivity index (χ2v) is 6.35. The number of carbonyl (C=O) groups is 3. The smallest absolute Gasteiger partial charge is 0.255 e. The molecule has 1 aliphatic rings. The molecule has 2 heterocycles. The van der Waals surface area contributed by atoms with E-state index >= 15 is 0 Å². The van der Waals surface area contributed by atoms with Crippen molar-refractivity contribution in [2.75, 3.05) is 5.32 Å². The predicted molar refractivity (Wildman–Crippen MR) is 103 cm³/mol. The van der Waals surface area contributed by atoms with Gasteiger partial charge in [-0.2, -0.15) is 0 Å². The lowest BCUT2D eigenvalue weighted by Crippen LogP contribution is -2.34. The SMILES string of the molecule is CC(=O)NC1NC(=O)c2c(NC(=O)c3ccccc3)ccc(-c3ccco3)c21. The largest absolute Gasteiger partial charge is 0.464 e. The maximum absolute atomic E-state index is 12.7. The zero-order valence-electron chi connectivity index (χ0n) is 15.0. The molecule has 3 aromatic rings. The highest BCUT2D eigenvalue weighted by atomic mass is 16.3. The summed E-state index contributed by atoms with van der Waals surface area (Å²) in [5, 5.41) is 8.25. The molecule has 1 aromatic heterocycles. The Morgan fingerprint density at radius 2 is 1.82 bits per heavy atom. The van der Waals surface area contributed by atoms with Crippen LogP contribution in [0.25, 0.3) is 11.3 Å². The van der Waals surface area contributed by atoms with Crippen LogP contribution in [0, 0.1) is 0 Å². The second-order valence-electron chi connectivity index (χ2n) is 6.35. The molecular weight excluding hydrogens is 358 g/mol. The number of hydrogen-bond acceptors (Lipinski definition) is 4. The first-order chi connectivity index (χ1) is 13.5. The van der Waals surface area contributed by atoms with Crippen LogP contribution in [-0.2, 0) is 4.79 Å². The van der Waals surface area contributed by atoms with Crippen molar-refractivity contribution < 1.29 is 18.8 Å². The fourth-order valence-electron chi connectivity index (χ4n) is 3.29. The fraction of sp³-hybridized carbons (Fsp3) is 0.0952. The van der Waals surface area contributed by atoms with Gasteiger partial charge in [0.1, 0.15) is 11.9 Å². The Morgan fingerprint density at radius 1 is 1.04 bits per heavy atom. The van der Waals surface area contributed by atoms with Gasteiger partial charge in [0.2, 0.25) is 5.91 Å². The minimum absolute atomic E-state index is 0.290. The van der Waals surface area contributed by atoms with Gasteiger partial charge in [0.25, 0.3) is 11.8 Å². The van der Waals surface area contributed by atoms with Gasteiger partial charge in [-0.15, -0.1) is 0 Å². The first kappa shape index (κ1) is 17.5. The Balaban J connectivity index is 1.80. The van der Waals surface area contributed by atoms with Crippen LogP contribution in [-0.4, -0.2) is 17.7 Å². The number of fused-ring (bicyclic) bond motifs is 1. The van der Waals surface area contributed by atoms with Crippen molar-refractivity contribution >= 4 is 23.4 Å². The third-order valence-corrected chi connectivity index (χ3v) is 4.46. The molecule has 1 atom stereocenters. The van der Waals surface area contributed by atoms with Crippen LogP contribution < -0.4 is 16.0 Å². The van der Waals surface area contributed by atoms with E-state index in [2.05, 4.69) is 16.0 Å². The van der Waals surface area contributed by atoms with Gasteiger partial charge < -0.3 is 20.4 Å². The monoisotopic (exact) mass is 375 g/mol. The number of furan rings is 1. The van der Waals surface area contributed by atoms with Gasteiger partial charge in [0.05, 0.1) is 17.5 Å². The molecule has 4 rings (SSSR count). The number of benzene rings is 2. The van der Waals surface area contributed by atoms with Crippen molar-refractivity contribution in [1.82, 2.24) is 10.6 Å². The lowest BCUT2D eigenvalue weighted by atomic mass is 9.97. The summed E-state index contributed by atoms with van der Waals surface area (Å²) in [5.41, 5.74) is 2.36. The van der Waals surface area contributed by atoms with Gasteiger partial charge in [-0.05, 0) is 36.4 Å². The standard InChI is InChI=1S/C21H17N3O4/c1-12(25)22-19-17-14(16-8-5-11-28-16)9-10-15(18(17)21(27)24-19)23-20(26)13-6-3-2-4-7-13/h2-11,19H,1H3,(H,22,25)(H,23,26)(H,24,27). The van der Waals surface area contributed by atoms with Crippen LogP contribution in [0.4, 0.5) is 5.69 Å². The summed E-state index contributed by atoms with van der Waals surface area (Å²) in [4.78, 5) is 36.8. The van der Waals surface area contributed by atoms with Gasteiger partial charge in [0, 0.05) is 23.6 Å². The summed E-state index contributed by atoms with van der Waals surface area (Å²) in [5.74, 6) is -0.443. The molecule has 0 bridgehead atoms. The minimum atomic E-state index is -0.714. The van der Waals surface area contributed by atoms with E-state index in [1.165, 1.54) is 13.2 Å². The van der Waals surface area contributed by atoms with E-state index in [0.717, 1.165) is 0 Å². The number of hydrogen-bond donors (Lipinski definition) is 3. The molecule has 3 amide bonds. The zero-order chi connectivity index (χ0) is 19.7. The summed E-state index contributed by atoms with van der Waals surface area (Å²) in [6.45, 7) is 1.37. The number of nitrogens with one attached hydrogen (secondary N) is 3. The first-order valence-electron chi connectivity index (χ1n) is 8.69. The Bertz CT molecular complexity index is 1060. The molecule has 7 nitrogen and oxygen atoms in total. The zero-order valence-corrected chi connectivity index (χ0v) is 15.0. The van der Waals surface area contributed by atoms with Crippen molar-refractivity contribution in [2.45, 2.75) is 13.1 Å². The molecule has 0 radical (unpaired) electrons. The molecule has 1 aliphatic heterocycles. The van der Waals surface area contributed by atoms with E-state index in [0.29, 0.717) is 33.7 Å². The van der Waals surface area contributed by atoms with E-state index in [9.17, 15) is 14.4 Å². The molecule has 0 aliphatic carbocycles. The normalized spacial score (nSPS) is 14.9. The van der Waals surface area contributed by atoms with Crippen molar-refractivity contribution in [1.29, 1.82) is 0 Å². The highest BCUT2D eigenvalue weighted by Crippen LogP contribution is 2.38. The third kappa shape index (κ3) is 3.14. The highest BCUT2D eigenvalue weighted by Gasteiger charge is 2.35. The summed E-state index contributed by atoms with van der Waals surface area (Å²) in [6, 6.07) is 15.6. The minimum Gasteiger partial charge on any atom is -0.464 e. The highest BCUT2D eigenvalue weighted by molar-refractivity contribution is 6.12. The van der Waals surface area contributed by atoms with Crippen LogP contribution in [0.2, 0.25) is 0 Å². The summed E-state index contributed by atoms with van der Waals surface area (Å²) >= 11 is 0. The summed E-state index contributed by atoms with van der Waals surface area (Å²) in [7, 11) is 0. The van der Waals surface area contributed by atoms with Crippen LogP contribution in [0.15, 0.2) is 65.3 Å². The average molecular weight is 375 g/mol. The Morgan fingerprint density at radius 3 is 2.50 bits per heavy atom. The lowest BCUT2D eigenvalue weighted by molar-refractivity contribution is -0.119. The quantitative estimate of drug-likeness (QED) is 0.652. The molecular formula is C21H17N3O4. The molecule has 2 aromatic carbocycles. The van der Waals surface area contributed by atoms with Crippen molar-refractivity contribution in [2.24, 2.45) is 0 Å². The van der Waals surface area contributed by atoms with E-state index in [1.54, 1.807) is 48.5 Å². The van der Waals surface area contributed by atoms with Gasteiger partial charge in [-0.3, -0.25) is 14.4 Å². The van der Waals surface area contributed by atoms with Crippen molar-refractivity contribution in [3.8, 4) is 11.3 Å². The van der Waals surface area contributed by atoms with E-state index < -0.39 is 6.17 Å². The predicted octanol–water partition coefficient (Wildman–Crippen LogP) is 3.08. The Labute approximate surface area is 160 Å². The van der Waals surface area contributed by atoms with Crippen molar-refractivity contribution in [3.05, 3.63) is 77.6 Å². The molecule has 3 N–H and O–H groups in total. The van der Waals surface area contributed by atoms with Gasteiger partial charge in [-0.25, -0.2) is 0 Å². The van der Waals surface area contributed by atoms with Gasteiger partial charge in [0.15, 0.2) is 0 Å². The van der Waals surface area contributed by atoms with Gasteiger partial charge in [-0.1, -0.05) is 18.2 Å². The first-order valence-corrected chi connectivity index (χ1v) is 8.69. The second kappa shape index (κ2) is 7.03. The Kier molecular flexibility index (Phi) is 4.41. The molecule has 140 valence electrons. The number of rotatable bonds is 4. The lowest BCUT2D eigenvalue weighted by Gasteiger charge is -2.16. The maximum atomic E-state index is 12.7. The molecule has 28 heavy (non-hydrogen) atoms. The average Bonchev–Trinajstić information content (AvgIpc) is 3.31. The fourth-order valence-corrected chi connectivity index (χ4v) is 3.29. The van der Waals surface area contributed by atoms with Crippen LogP contribution in [0.5, 0.6) is 0 Å². The molecule has 0 spiro atoms. The number of carbonyl (C=O) groups excluding carboxylic acids is 3. The van der Waals surface area contributed by atoms with Gasteiger partial charge >= 0.3 is 0 Å². The number of anilines is 1. The van der Waals surface area contributed by atoms with E-state index in [1.807, 2.05) is 6.07 Å². The van der Waals surface area contributed by atoms with Crippen LogP contribution in [0.3, 0.4) is 0 Å². The summed E-state index contributed by atoms with van der Waals surface area (Å²) in [6.07, 6.45) is 0.818. The molecule has 0 saturated heterocycles. The molecule has 0 saturated carbocycles. The Hall–Kier alpha value is -3.87. The maximum Gasteiger partial charge on any atom is 0.255 e. The van der Waals surface area contributed by atoms with E-state index in [4.69, 9.17) is 4.42 Å². The molecule has 7 heteroatoms. The topological polar surface area (TPSA) is 100 Å². The number of amides is 3. The van der Waals surface area contributed by atoms with Crippen molar-refractivity contribution in [3.63, 3.8) is 0 Å². The molecule has 0 fully saturated rings. The third-order valence-electron chi connectivity index (χ3n) is 4.46. The summed E-state index contributed by atoms with van der Waals surface area (Å²) < 4.78 is 5.48.